The van der Waals surface area contributed by atoms with E-state index in [0.29, 0.717) is 18.3 Å². The summed E-state index contributed by atoms with van der Waals surface area (Å²) in [4.78, 5) is 12.2. The van der Waals surface area contributed by atoms with Gasteiger partial charge in [-0.25, -0.2) is 32.5 Å². The molecule has 0 aromatic carbocycles. The van der Waals surface area contributed by atoms with Crippen LogP contribution in [0.25, 0.3) is 0 Å². The van der Waals surface area contributed by atoms with Gasteiger partial charge in [0.25, 0.3) is 11.8 Å². The van der Waals surface area contributed by atoms with E-state index in [9.17, 15) is 26.3 Å². The molecule has 0 radical (unpaired) electrons. The third-order valence-electron chi connectivity index (χ3n) is 5.07. The fourth-order valence-corrected chi connectivity index (χ4v) is 4.16. The Morgan fingerprint density at radius 1 is 1.17 bits per heavy atom. The number of aliphatic imine (C=N–C) groups is 2. The molecule has 1 aliphatic heterocycles. The van der Waals surface area contributed by atoms with E-state index in [2.05, 4.69) is 25.6 Å². The average molecular weight is 440 g/mol. The minimum absolute atomic E-state index is 0.0222. The molecule has 1 aromatic heterocycles. The van der Waals surface area contributed by atoms with E-state index in [4.69, 9.17) is 5.73 Å². The number of nitrogens with one attached hydrogen (secondary N) is 2. The van der Waals surface area contributed by atoms with Gasteiger partial charge in [0, 0.05) is 43.9 Å². The maximum atomic E-state index is 13.5. The monoisotopic (exact) mass is 440 g/mol. The van der Waals surface area contributed by atoms with E-state index in [1.807, 2.05) is 0 Å². The largest absolute Gasteiger partial charge is 0.319 e. The third-order valence-corrected chi connectivity index (χ3v) is 6.08. The van der Waals surface area contributed by atoms with Gasteiger partial charge in [0.15, 0.2) is 22.6 Å². The molecule has 0 bridgehead atoms. The first-order valence-electron chi connectivity index (χ1n) is 8.86. The van der Waals surface area contributed by atoms with Gasteiger partial charge < -0.3 is 10.6 Å². The second kappa shape index (κ2) is 6.30. The lowest BCUT2D eigenvalue weighted by atomic mass is 9.76. The molecule has 1 unspecified atom stereocenters. The first-order chi connectivity index (χ1) is 13.2. The first-order valence-corrected chi connectivity index (χ1v) is 9.74. The molecule has 13 heteroatoms. The van der Waals surface area contributed by atoms with Crippen molar-refractivity contribution >= 4 is 23.1 Å². The van der Waals surface area contributed by atoms with Crippen molar-refractivity contribution in [3.63, 3.8) is 0 Å². The number of halogens is 6. The van der Waals surface area contributed by atoms with Gasteiger partial charge >= 0.3 is 0 Å². The first kappa shape index (κ1) is 20.4. The minimum atomic E-state index is -3.17. The Morgan fingerprint density at radius 3 is 2.31 bits per heavy atom. The van der Waals surface area contributed by atoms with Crippen molar-refractivity contribution in [2.75, 3.05) is 0 Å². The zero-order valence-corrected chi connectivity index (χ0v) is 16.0. The maximum Gasteiger partial charge on any atom is 0.296 e. The van der Waals surface area contributed by atoms with Crippen LogP contribution in [0.1, 0.15) is 43.3 Å². The van der Waals surface area contributed by atoms with Gasteiger partial charge in [-0.1, -0.05) is 0 Å². The highest BCUT2D eigenvalue weighted by Crippen LogP contribution is 2.47. The van der Waals surface area contributed by atoms with Crippen LogP contribution in [0.15, 0.2) is 15.4 Å². The van der Waals surface area contributed by atoms with Gasteiger partial charge in [-0.05, 0) is 0 Å². The number of aromatic nitrogens is 1. The second-order valence-corrected chi connectivity index (χ2v) is 8.68. The molecule has 0 amide bonds. The lowest BCUT2D eigenvalue weighted by Crippen LogP contribution is -2.70. The Hall–Kier alpha value is -1.89. The summed E-state index contributed by atoms with van der Waals surface area (Å²) in [6.45, 7) is 0.695. The van der Waals surface area contributed by atoms with Crippen LogP contribution >= 0.6 is 11.3 Å². The molecular formula is C16H18F6N6S. The third kappa shape index (κ3) is 4.06. The van der Waals surface area contributed by atoms with E-state index in [1.54, 1.807) is 0 Å². The molecule has 3 aliphatic rings. The molecular weight excluding hydrogens is 422 g/mol. The van der Waals surface area contributed by atoms with Gasteiger partial charge in [-0.3, -0.25) is 5.73 Å². The van der Waals surface area contributed by atoms with Gasteiger partial charge in [-0.2, -0.15) is 8.78 Å². The number of guanidine groups is 1. The van der Waals surface area contributed by atoms with Gasteiger partial charge in [0.05, 0.1) is 6.04 Å². The van der Waals surface area contributed by atoms with Crippen molar-refractivity contribution in [1.29, 1.82) is 0 Å². The molecule has 2 heterocycles. The van der Waals surface area contributed by atoms with Crippen molar-refractivity contribution in [2.45, 2.75) is 62.2 Å². The normalized spacial score (nSPS) is 30.8. The van der Waals surface area contributed by atoms with E-state index in [-0.39, 0.29) is 17.5 Å². The van der Waals surface area contributed by atoms with Gasteiger partial charge in [0.1, 0.15) is 5.69 Å². The summed E-state index contributed by atoms with van der Waals surface area (Å²) in [6, 6.07) is -0.683. The smallest absolute Gasteiger partial charge is 0.296 e. The predicted octanol–water partition coefficient (Wildman–Crippen LogP) is 3.01. The Kier molecular flexibility index (Phi) is 4.43. The number of nitrogens with zero attached hydrogens (tertiary/aromatic N) is 3. The van der Waals surface area contributed by atoms with E-state index < -0.39 is 66.2 Å². The highest BCUT2D eigenvalue weighted by atomic mass is 32.1. The summed E-state index contributed by atoms with van der Waals surface area (Å²) in [7, 11) is 0. The van der Waals surface area contributed by atoms with Crippen molar-refractivity contribution in [2.24, 2.45) is 21.6 Å². The zero-order valence-electron chi connectivity index (χ0n) is 15.2. The Labute approximate surface area is 165 Å². The Balaban J connectivity index is 1.63. The predicted molar refractivity (Wildman–Crippen MR) is 94.5 cm³/mol. The number of thiazole rings is 1. The van der Waals surface area contributed by atoms with Crippen LogP contribution in [-0.4, -0.2) is 40.5 Å². The minimum Gasteiger partial charge on any atom is -0.319 e. The fraction of sp³-hybridized carbons (Fsp3) is 0.688. The van der Waals surface area contributed by atoms with E-state index in [0.717, 1.165) is 0 Å². The summed E-state index contributed by atoms with van der Waals surface area (Å²) >= 11 is 0.707. The van der Waals surface area contributed by atoms with Crippen molar-refractivity contribution in [1.82, 2.24) is 15.6 Å². The van der Waals surface area contributed by atoms with Gasteiger partial charge in [-0.15, -0.1) is 11.3 Å². The number of amidine groups is 1. The molecule has 0 saturated heterocycles. The lowest BCUT2D eigenvalue weighted by molar-refractivity contribution is -0.132. The van der Waals surface area contributed by atoms with Gasteiger partial charge in [0.2, 0.25) is 5.92 Å². The maximum absolute atomic E-state index is 13.5. The lowest BCUT2D eigenvalue weighted by Gasteiger charge is -2.46. The number of rotatable bonds is 4. The standard InChI is InChI=1S/C16H18F6N6S/c1-13(17,18)11-25-9(6-29-11)10-26-12(24-8-4-15(21,22)5-8)28-16(23,27-10)7-2-14(19,20)3-7/h6-8H,2-5,23H2,1H3,(H2,24,26,27,28). The van der Waals surface area contributed by atoms with Crippen LogP contribution in [0.3, 0.4) is 0 Å². The topological polar surface area (TPSA) is 87.7 Å². The number of alkyl halides is 6. The molecule has 1 aromatic rings. The number of nitrogens with two attached hydrogens (primary N) is 1. The molecule has 4 rings (SSSR count). The summed E-state index contributed by atoms with van der Waals surface area (Å²) in [6.07, 6.45) is -1.93. The SMILES string of the molecule is CC(F)(F)c1nc(C2=NC(N)(C3CC(F)(F)C3)NC(=NC3CC(F)(F)C3)N2)cs1. The van der Waals surface area contributed by atoms with Crippen molar-refractivity contribution in [3.05, 3.63) is 16.1 Å². The van der Waals surface area contributed by atoms with Crippen LogP contribution in [0.2, 0.25) is 0 Å². The molecule has 0 spiro atoms. The summed E-state index contributed by atoms with van der Waals surface area (Å²) in [5.74, 6) is -11.3. The summed E-state index contributed by atoms with van der Waals surface area (Å²) in [5.41, 5.74) is 6.25. The highest BCUT2D eigenvalue weighted by molar-refractivity contribution is 7.10. The Bertz CT molecular complexity index is 861. The van der Waals surface area contributed by atoms with Crippen LogP contribution < -0.4 is 16.4 Å². The average Bonchev–Trinajstić information content (AvgIpc) is 3.00. The molecule has 6 nitrogen and oxygen atoms in total. The quantitative estimate of drug-likeness (QED) is 0.629. The van der Waals surface area contributed by atoms with Crippen LogP contribution in [0, 0.1) is 5.92 Å². The summed E-state index contributed by atoms with van der Waals surface area (Å²) in [5, 5.41) is 6.30. The van der Waals surface area contributed by atoms with Crippen molar-refractivity contribution in [3.8, 4) is 0 Å². The van der Waals surface area contributed by atoms with Crippen LogP contribution in [0.4, 0.5) is 26.3 Å². The van der Waals surface area contributed by atoms with E-state index in [1.165, 1.54) is 5.38 Å². The number of hydrogen-bond donors (Lipinski definition) is 3. The molecule has 160 valence electrons. The Morgan fingerprint density at radius 2 is 1.79 bits per heavy atom. The highest BCUT2D eigenvalue weighted by Gasteiger charge is 2.55. The molecule has 2 aliphatic carbocycles. The molecule has 29 heavy (non-hydrogen) atoms. The molecule has 2 saturated carbocycles. The van der Waals surface area contributed by atoms with Crippen LogP contribution in [0.5, 0.6) is 0 Å². The molecule has 2 fully saturated rings. The van der Waals surface area contributed by atoms with Crippen molar-refractivity contribution < 1.29 is 26.3 Å². The molecule has 4 N–H and O–H groups in total. The zero-order chi connectivity index (χ0) is 21.2. The van der Waals surface area contributed by atoms with E-state index >= 15 is 0 Å². The number of hydrogen-bond acceptors (Lipinski definition) is 5. The molecule has 1 atom stereocenters. The summed E-state index contributed by atoms with van der Waals surface area (Å²) < 4.78 is 80.0. The second-order valence-electron chi connectivity index (χ2n) is 7.82. The fourth-order valence-electron chi connectivity index (χ4n) is 3.41. The van der Waals surface area contributed by atoms with Crippen LogP contribution in [-0.2, 0) is 5.92 Å².